The Hall–Kier alpha value is -3.09. The summed E-state index contributed by atoms with van der Waals surface area (Å²) in [5.41, 5.74) is 2.79. The standard InChI is InChI=1S/C17H19N7/c1-11(2)22-16-13(12(3)18)5-6-14(23-16)15-7-10-21-24(15)17-19-8-4-9-20-17/h4-11,18H,1-3H3,(H,22,23). The maximum absolute atomic E-state index is 7.92. The van der Waals surface area contributed by atoms with Crippen LogP contribution in [-0.4, -0.2) is 36.5 Å². The van der Waals surface area contributed by atoms with Gasteiger partial charge in [0, 0.05) is 29.7 Å². The van der Waals surface area contributed by atoms with Crippen LogP contribution in [0.1, 0.15) is 26.3 Å². The number of nitrogens with one attached hydrogen (secondary N) is 2. The molecule has 2 N–H and O–H groups in total. The van der Waals surface area contributed by atoms with Crippen LogP contribution in [0.5, 0.6) is 0 Å². The van der Waals surface area contributed by atoms with Crippen LogP contribution in [0.2, 0.25) is 0 Å². The molecule has 0 aromatic carbocycles. The summed E-state index contributed by atoms with van der Waals surface area (Å²) in [5, 5.41) is 15.5. The summed E-state index contributed by atoms with van der Waals surface area (Å²) in [6.07, 6.45) is 5.04. The molecule has 0 unspecified atom stereocenters. The molecule has 0 aliphatic carbocycles. The average molecular weight is 321 g/mol. The lowest BCUT2D eigenvalue weighted by atomic mass is 10.1. The number of nitrogens with zero attached hydrogens (tertiary/aromatic N) is 5. The minimum absolute atomic E-state index is 0.216. The molecule has 3 aromatic rings. The van der Waals surface area contributed by atoms with Crippen molar-refractivity contribution >= 4 is 11.5 Å². The number of anilines is 1. The highest BCUT2D eigenvalue weighted by Gasteiger charge is 2.14. The molecule has 3 aromatic heterocycles. The van der Waals surface area contributed by atoms with Gasteiger partial charge in [-0.05, 0) is 45.0 Å². The highest BCUT2D eigenvalue weighted by molar-refractivity contribution is 6.00. The van der Waals surface area contributed by atoms with Crippen LogP contribution in [0.3, 0.4) is 0 Å². The number of hydrogen-bond acceptors (Lipinski definition) is 6. The van der Waals surface area contributed by atoms with Gasteiger partial charge in [0.05, 0.1) is 17.6 Å². The van der Waals surface area contributed by atoms with Gasteiger partial charge in [0.25, 0.3) is 5.95 Å². The zero-order chi connectivity index (χ0) is 17.1. The molecule has 0 fully saturated rings. The van der Waals surface area contributed by atoms with Gasteiger partial charge in [-0.1, -0.05) is 0 Å². The van der Waals surface area contributed by atoms with Crippen molar-refractivity contribution in [2.24, 2.45) is 0 Å². The molecule has 7 heteroatoms. The maximum atomic E-state index is 7.92. The molecule has 0 aliphatic rings. The van der Waals surface area contributed by atoms with Gasteiger partial charge in [0.15, 0.2) is 0 Å². The Morgan fingerprint density at radius 1 is 1.12 bits per heavy atom. The van der Waals surface area contributed by atoms with E-state index in [-0.39, 0.29) is 6.04 Å². The van der Waals surface area contributed by atoms with Gasteiger partial charge in [-0.3, -0.25) is 0 Å². The highest BCUT2D eigenvalue weighted by Crippen LogP contribution is 2.23. The summed E-state index contributed by atoms with van der Waals surface area (Å²) in [5.74, 6) is 1.18. The molecule has 0 amide bonds. The van der Waals surface area contributed by atoms with Crippen LogP contribution in [0.25, 0.3) is 17.3 Å². The number of hydrogen-bond donors (Lipinski definition) is 2. The van der Waals surface area contributed by atoms with Crippen molar-refractivity contribution in [3.05, 3.63) is 48.4 Å². The number of pyridine rings is 1. The molecule has 0 atom stereocenters. The average Bonchev–Trinajstić information content (AvgIpc) is 3.04. The fourth-order valence-electron chi connectivity index (χ4n) is 2.35. The second-order valence-corrected chi connectivity index (χ2v) is 5.69. The van der Waals surface area contributed by atoms with E-state index in [0.717, 1.165) is 17.0 Å². The number of rotatable bonds is 5. The van der Waals surface area contributed by atoms with Crippen LogP contribution in [0.15, 0.2) is 42.9 Å². The Kier molecular flexibility index (Phi) is 4.33. The fraction of sp³-hybridized carbons (Fsp3) is 0.235. The van der Waals surface area contributed by atoms with E-state index in [1.165, 1.54) is 0 Å². The zero-order valence-electron chi connectivity index (χ0n) is 13.9. The van der Waals surface area contributed by atoms with E-state index in [0.29, 0.717) is 17.5 Å². The Balaban J connectivity index is 2.08. The maximum Gasteiger partial charge on any atom is 0.251 e. The van der Waals surface area contributed by atoms with Gasteiger partial charge in [-0.2, -0.15) is 9.78 Å². The van der Waals surface area contributed by atoms with E-state index in [1.807, 2.05) is 32.0 Å². The second kappa shape index (κ2) is 6.57. The van der Waals surface area contributed by atoms with Crippen molar-refractivity contribution in [2.45, 2.75) is 26.8 Å². The summed E-state index contributed by atoms with van der Waals surface area (Å²) in [4.78, 5) is 13.2. The van der Waals surface area contributed by atoms with E-state index in [1.54, 1.807) is 36.3 Å². The van der Waals surface area contributed by atoms with Gasteiger partial charge in [-0.15, -0.1) is 0 Å². The van der Waals surface area contributed by atoms with Gasteiger partial charge < -0.3 is 10.7 Å². The molecule has 0 aliphatic heterocycles. The van der Waals surface area contributed by atoms with Crippen molar-refractivity contribution in [3.8, 4) is 17.3 Å². The molecular weight excluding hydrogens is 302 g/mol. The fourth-order valence-corrected chi connectivity index (χ4v) is 2.35. The quantitative estimate of drug-likeness (QED) is 0.705. The Morgan fingerprint density at radius 2 is 1.88 bits per heavy atom. The molecule has 0 radical (unpaired) electrons. The molecular formula is C17H19N7. The lowest BCUT2D eigenvalue weighted by molar-refractivity contribution is 0.811. The van der Waals surface area contributed by atoms with Gasteiger partial charge >= 0.3 is 0 Å². The van der Waals surface area contributed by atoms with Gasteiger partial charge in [0.2, 0.25) is 0 Å². The lowest BCUT2D eigenvalue weighted by Gasteiger charge is -2.15. The Bertz CT molecular complexity index is 852. The third kappa shape index (κ3) is 3.15. The van der Waals surface area contributed by atoms with E-state index < -0.39 is 0 Å². The zero-order valence-corrected chi connectivity index (χ0v) is 13.9. The highest BCUT2D eigenvalue weighted by atomic mass is 15.3. The van der Waals surface area contributed by atoms with Crippen LogP contribution in [-0.2, 0) is 0 Å². The summed E-state index contributed by atoms with van der Waals surface area (Å²) in [6.45, 7) is 5.84. The largest absolute Gasteiger partial charge is 0.367 e. The smallest absolute Gasteiger partial charge is 0.251 e. The second-order valence-electron chi connectivity index (χ2n) is 5.69. The molecule has 7 nitrogen and oxygen atoms in total. The van der Waals surface area contributed by atoms with Crippen molar-refractivity contribution < 1.29 is 0 Å². The first-order chi connectivity index (χ1) is 11.6. The first-order valence-corrected chi connectivity index (χ1v) is 7.71. The summed E-state index contributed by atoms with van der Waals surface area (Å²) in [6, 6.07) is 7.63. The van der Waals surface area contributed by atoms with Crippen LogP contribution >= 0.6 is 0 Å². The van der Waals surface area contributed by atoms with E-state index in [2.05, 4.69) is 20.4 Å². The van der Waals surface area contributed by atoms with Crippen LogP contribution < -0.4 is 5.32 Å². The predicted molar refractivity (Wildman–Crippen MR) is 93.6 cm³/mol. The SMILES string of the molecule is CC(=N)c1ccc(-c2ccnn2-c2ncccn2)nc1NC(C)C. The van der Waals surface area contributed by atoms with Crippen molar-refractivity contribution in [1.82, 2.24) is 24.7 Å². The molecule has 0 bridgehead atoms. The normalized spacial score (nSPS) is 10.8. The van der Waals surface area contributed by atoms with Crippen LogP contribution in [0.4, 0.5) is 5.82 Å². The van der Waals surface area contributed by atoms with Crippen molar-refractivity contribution in [1.29, 1.82) is 5.41 Å². The van der Waals surface area contributed by atoms with Gasteiger partial charge in [-0.25, -0.2) is 15.0 Å². The monoisotopic (exact) mass is 321 g/mol. The minimum Gasteiger partial charge on any atom is -0.367 e. The Labute approximate surface area is 140 Å². The molecule has 0 saturated carbocycles. The molecule has 24 heavy (non-hydrogen) atoms. The first-order valence-electron chi connectivity index (χ1n) is 7.71. The third-order valence-corrected chi connectivity index (χ3v) is 3.37. The third-order valence-electron chi connectivity index (χ3n) is 3.37. The summed E-state index contributed by atoms with van der Waals surface area (Å²) < 4.78 is 1.65. The first kappa shape index (κ1) is 15.8. The van der Waals surface area contributed by atoms with E-state index in [4.69, 9.17) is 10.4 Å². The van der Waals surface area contributed by atoms with Gasteiger partial charge in [0.1, 0.15) is 5.82 Å². The Morgan fingerprint density at radius 3 is 2.54 bits per heavy atom. The van der Waals surface area contributed by atoms with E-state index >= 15 is 0 Å². The van der Waals surface area contributed by atoms with Crippen molar-refractivity contribution in [3.63, 3.8) is 0 Å². The topological polar surface area (TPSA) is 92.4 Å². The molecule has 122 valence electrons. The minimum atomic E-state index is 0.216. The molecule has 0 saturated heterocycles. The van der Waals surface area contributed by atoms with E-state index in [9.17, 15) is 0 Å². The lowest BCUT2D eigenvalue weighted by Crippen LogP contribution is -2.15. The number of aromatic nitrogens is 5. The molecule has 3 rings (SSSR count). The predicted octanol–water partition coefficient (Wildman–Crippen LogP) is 2.93. The van der Waals surface area contributed by atoms with Crippen molar-refractivity contribution in [2.75, 3.05) is 5.32 Å². The summed E-state index contributed by atoms with van der Waals surface area (Å²) in [7, 11) is 0. The van der Waals surface area contributed by atoms with Crippen LogP contribution in [0, 0.1) is 5.41 Å². The molecule has 3 heterocycles. The molecule has 0 spiro atoms. The summed E-state index contributed by atoms with van der Waals surface area (Å²) >= 11 is 0.